The summed E-state index contributed by atoms with van der Waals surface area (Å²) in [5.74, 6) is 1.96. The van der Waals surface area contributed by atoms with Crippen LogP contribution in [0.5, 0.6) is 5.75 Å². The highest BCUT2D eigenvalue weighted by Gasteiger charge is 2.12. The van der Waals surface area contributed by atoms with Gasteiger partial charge in [0.2, 0.25) is 0 Å². The van der Waals surface area contributed by atoms with Gasteiger partial charge in [-0.25, -0.2) is 9.97 Å². The third kappa shape index (κ3) is 3.94. The Balaban J connectivity index is 1.50. The Morgan fingerprint density at radius 1 is 1.35 bits per heavy atom. The molecule has 0 spiro atoms. The van der Waals surface area contributed by atoms with E-state index in [9.17, 15) is 4.79 Å². The van der Waals surface area contributed by atoms with Crippen LogP contribution in [0.1, 0.15) is 28.1 Å². The summed E-state index contributed by atoms with van der Waals surface area (Å²) in [4.78, 5) is 19.9. The number of ether oxygens (including phenoxy) is 1. The van der Waals surface area contributed by atoms with Gasteiger partial charge in [-0.2, -0.15) is 5.10 Å². The molecule has 0 fully saturated rings. The zero-order valence-electron chi connectivity index (χ0n) is 12.4. The fourth-order valence-corrected chi connectivity index (χ4v) is 1.84. The van der Waals surface area contributed by atoms with E-state index in [1.807, 2.05) is 30.3 Å². The van der Waals surface area contributed by atoms with Gasteiger partial charge in [-0.15, -0.1) is 0 Å². The first-order chi connectivity index (χ1) is 11.2. The molecule has 0 atom stereocenters. The van der Waals surface area contributed by atoms with Gasteiger partial charge < -0.3 is 14.5 Å². The summed E-state index contributed by atoms with van der Waals surface area (Å²) in [5, 5.41) is 9.42. The lowest BCUT2D eigenvalue weighted by atomic mass is 10.3. The molecule has 2 heterocycles. The lowest BCUT2D eigenvalue weighted by molar-refractivity contribution is 0.0914. The van der Waals surface area contributed by atoms with Crippen molar-refractivity contribution in [3.05, 3.63) is 59.8 Å². The van der Waals surface area contributed by atoms with Crippen LogP contribution in [0.2, 0.25) is 0 Å². The van der Waals surface area contributed by atoms with Gasteiger partial charge in [0.25, 0.3) is 5.89 Å². The van der Waals surface area contributed by atoms with Crippen molar-refractivity contribution >= 4 is 5.91 Å². The highest BCUT2D eigenvalue weighted by molar-refractivity contribution is 5.89. The number of H-pyrrole nitrogens is 1. The van der Waals surface area contributed by atoms with E-state index in [2.05, 4.69) is 25.5 Å². The highest BCUT2D eigenvalue weighted by atomic mass is 16.5. The number of carbonyl (C=O) groups is 1. The zero-order valence-corrected chi connectivity index (χ0v) is 12.4. The SMILES string of the molecule is Cc1cnc(C(=O)NCc2n[nH]c(COc3ccccc3)n2)o1. The van der Waals surface area contributed by atoms with E-state index in [4.69, 9.17) is 9.15 Å². The van der Waals surface area contributed by atoms with Crippen molar-refractivity contribution in [3.8, 4) is 5.75 Å². The van der Waals surface area contributed by atoms with E-state index in [1.165, 1.54) is 6.20 Å². The molecule has 0 bridgehead atoms. The van der Waals surface area contributed by atoms with Gasteiger partial charge in [-0.05, 0) is 19.1 Å². The van der Waals surface area contributed by atoms with Crippen molar-refractivity contribution in [3.63, 3.8) is 0 Å². The summed E-state index contributed by atoms with van der Waals surface area (Å²) in [6.45, 7) is 2.16. The number of benzene rings is 1. The van der Waals surface area contributed by atoms with Crippen molar-refractivity contribution < 1.29 is 13.9 Å². The second-order valence-corrected chi connectivity index (χ2v) is 4.76. The fourth-order valence-electron chi connectivity index (χ4n) is 1.84. The molecule has 1 aromatic carbocycles. The summed E-state index contributed by atoms with van der Waals surface area (Å²) >= 11 is 0. The van der Waals surface area contributed by atoms with Crippen molar-refractivity contribution in [1.82, 2.24) is 25.5 Å². The van der Waals surface area contributed by atoms with E-state index in [0.29, 0.717) is 17.4 Å². The molecule has 23 heavy (non-hydrogen) atoms. The number of aromatic amines is 1. The number of para-hydroxylation sites is 1. The van der Waals surface area contributed by atoms with Gasteiger partial charge in [0.1, 0.15) is 18.1 Å². The number of hydrogen-bond acceptors (Lipinski definition) is 6. The average Bonchev–Trinajstić information content (AvgIpc) is 3.21. The maximum Gasteiger partial charge on any atom is 0.307 e. The Kier molecular flexibility index (Phi) is 4.32. The molecule has 2 aromatic heterocycles. The molecule has 3 aromatic rings. The lowest BCUT2D eigenvalue weighted by Gasteiger charge is -2.02. The molecule has 3 rings (SSSR count). The van der Waals surface area contributed by atoms with Crippen LogP contribution in [0.3, 0.4) is 0 Å². The minimum atomic E-state index is -0.412. The molecule has 0 unspecified atom stereocenters. The normalized spacial score (nSPS) is 10.5. The summed E-state index contributed by atoms with van der Waals surface area (Å²) in [7, 11) is 0. The van der Waals surface area contributed by atoms with Crippen molar-refractivity contribution in [2.24, 2.45) is 0 Å². The van der Waals surface area contributed by atoms with Crippen molar-refractivity contribution in [2.45, 2.75) is 20.1 Å². The van der Waals surface area contributed by atoms with Crippen LogP contribution in [0, 0.1) is 6.92 Å². The lowest BCUT2D eigenvalue weighted by Crippen LogP contribution is -2.23. The second kappa shape index (κ2) is 6.73. The van der Waals surface area contributed by atoms with Crippen LogP contribution in [0.4, 0.5) is 0 Å². The van der Waals surface area contributed by atoms with Crippen LogP contribution in [-0.2, 0) is 13.2 Å². The molecule has 8 heteroatoms. The number of oxazole rings is 1. The van der Waals surface area contributed by atoms with Gasteiger partial charge in [0.05, 0.1) is 12.7 Å². The number of carbonyl (C=O) groups excluding carboxylic acids is 1. The summed E-state index contributed by atoms with van der Waals surface area (Å²) < 4.78 is 10.7. The predicted molar refractivity (Wildman–Crippen MR) is 79.6 cm³/mol. The fraction of sp³-hybridized carbons (Fsp3) is 0.200. The molecule has 118 valence electrons. The van der Waals surface area contributed by atoms with Gasteiger partial charge in [-0.1, -0.05) is 18.2 Å². The van der Waals surface area contributed by atoms with E-state index < -0.39 is 5.91 Å². The number of hydrogen-bond donors (Lipinski definition) is 2. The number of rotatable bonds is 6. The standard InChI is InChI=1S/C15H15N5O3/c1-10-7-17-15(23-10)14(21)16-8-12-18-13(20-19-12)9-22-11-5-3-2-4-6-11/h2-7H,8-9H2,1H3,(H,16,21)(H,18,19,20). The summed E-state index contributed by atoms with van der Waals surface area (Å²) in [5.41, 5.74) is 0. The molecule has 0 saturated heterocycles. The topological polar surface area (TPSA) is 106 Å². The first kappa shape index (κ1) is 14.8. The number of aromatic nitrogens is 4. The quantitative estimate of drug-likeness (QED) is 0.716. The Hall–Kier alpha value is -3.16. The largest absolute Gasteiger partial charge is 0.486 e. The van der Waals surface area contributed by atoms with Crippen LogP contribution >= 0.6 is 0 Å². The molecule has 0 aliphatic heterocycles. The predicted octanol–water partition coefficient (Wildman–Crippen LogP) is 1.61. The number of nitrogens with one attached hydrogen (secondary N) is 2. The molecular weight excluding hydrogens is 298 g/mol. The Morgan fingerprint density at radius 2 is 2.17 bits per heavy atom. The van der Waals surface area contributed by atoms with Crippen LogP contribution in [-0.4, -0.2) is 26.1 Å². The van der Waals surface area contributed by atoms with Crippen LogP contribution in [0.25, 0.3) is 0 Å². The van der Waals surface area contributed by atoms with E-state index in [-0.39, 0.29) is 19.0 Å². The van der Waals surface area contributed by atoms with E-state index in [0.717, 1.165) is 5.75 Å². The van der Waals surface area contributed by atoms with Crippen molar-refractivity contribution in [1.29, 1.82) is 0 Å². The summed E-state index contributed by atoms with van der Waals surface area (Å²) in [6, 6.07) is 9.41. The van der Waals surface area contributed by atoms with Gasteiger partial charge in [0, 0.05) is 0 Å². The minimum Gasteiger partial charge on any atom is -0.486 e. The van der Waals surface area contributed by atoms with E-state index >= 15 is 0 Å². The molecule has 2 N–H and O–H groups in total. The first-order valence-electron chi connectivity index (χ1n) is 6.99. The van der Waals surface area contributed by atoms with Gasteiger partial charge in [0.15, 0.2) is 11.6 Å². The highest BCUT2D eigenvalue weighted by Crippen LogP contribution is 2.10. The molecule has 8 nitrogen and oxygen atoms in total. The third-order valence-corrected chi connectivity index (χ3v) is 2.92. The smallest absolute Gasteiger partial charge is 0.307 e. The average molecular weight is 313 g/mol. The zero-order chi connectivity index (χ0) is 16.1. The van der Waals surface area contributed by atoms with Crippen LogP contribution in [0.15, 0.2) is 40.9 Å². The third-order valence-electron chi connectivity index (χ3n) is 2.92. The maximum absolute atomic E-state index is 11.8. The van der Waals surface area contributed by atoms with E-state index in [1.54, 1.807) is 6.92 Å². The Morgan fingerprint density at radius 3 is 2.91 bits per heavy atom. The van der Waals surface area contributed by atoms with Crippen molar-refractivity contribution in [2.75, 3.05) is 0 Å². The minimum absolute atomic E-state index is 0.0191. The Labute approximate surface area is 131 Å². The molecule has 0 aliphatic rings. The molecular formula is C15H15N5O3. The molecule has 0 aliphatic carbocycles. The maximum atomic E-state index is 11.8. The molecule has 0 radical (unpaired) electrons. The second-order valence-electron chi connectivity index (χ2n) is 4.76. The number of amides is 1. The van der Waals surface area contributed by atoms with Gasteiger partial charge in [-0.3, -0.25) is 9.89 Å². The molecule has 1 amide bonds. The molecule has 0 saturated carbocycles. The van der Waals surface area contributed by atoms with Crippen LogP contribution < -0.4 is 10.1 Å². The first-order valence-corrected chi connectivity index (χ1v) is 6.99. The Bertz CT molecular complexity index is 781. The number of aryl methyl sites for hydroxylation is 1. The summed E-state index contributed by atoms with van der Waals surface area (Å²) in [6.07, 6.45) is 1.49. The number of nitrogens with zero attached hydrogens (tertiary/aromatic N) is 3. The van der Waals surface area contributed by atoms with Gasteiger partial charge >= 0.3 is 5.91 Å². The monoisotopic (exact) mass is 313 g/mol.